The molecule has 0 bridgehead atoms. The maximum absolute atomic E-state index is 13.7. The zero-order valence-corrected chi connectivity index (χ0v) is 12.7. The van der Waals surface area contributed by atoms with Gasteiger partial charge in [-0.05, 0) is 53.2 Å². The molecule has 106 valence electrons. The van der Waals surface area contributed by atoms with E-state index in [9.17, 15) is 8.78 Å². The Labute approximate surface area is 124 Å². The van der Waals surface area contributed by atoms with Crippen LogP contribution < -0.4 is 10.1 Å². The molecule has 5 heteroatoms. The highest BCUT2D eigenvalue weighted by Crippen LogP contribution is 2.30. The van der Waals surface area contributed by atoms with Crippen LogP contribution in [0.25, 0.3) is 0 Å². The Morgan fingerprint density at radius 3 is 2.35 bits per heavy atom. The van der Waals surface area contributed by atoms with E-state index in [2.05, 4.69) is 21.2 Å². The smallest absolute Gasteiger partial charge is 0.133 e. The van der Waals surface area contributed by atoms with Crippen molar-refractivity contribution in [3.63, 3.8) is 0 Å². The topological polar surface area (TPSA) is 21.3 Å². The molecule has 0 radical (unpaired) electrons. The first-order valence-corrected chi connectivity index (χ1v) is 6.86. The molecular weight excluding hydrogens is 328 g/mol. The molecule has 0 aliphatic heterocycles. The van der Waals surface area contributed by atoms with Crippen LogP contribution in [0, 0.1) is 11.6 Å². The van der Waals surface area contributed by atoms with Gasteiger partial charge in [-0.15, -0.1) is 0 Å². The van der Waals surface area contributed by atoms with Gasteiger partial charge in [-0.2, -0.15) is 0 Å². The number of benzene rings is 2. The van der Waals surface area contributed by atoms with Gasteiger partial charge in [-0.25, -0.2) is 8.78 Å². The second-order valence-corrected chi connectivity index (χ2v) is 5.21. The molecule has 0 fully saturated rings. The molecule has 0 amide bonds. The van der Waals surface area contributed by atoms with Gasteiger partial charge in [0.15, 0.2) is 0 Å². The Morgan fingerprint density at radius 1 is 1.15 bits per heavy atom. The third-order valence-corrected chi connectivity index (χ3v) is 3.59. The summed E-state index contributed by atoms with van der Waals surface area (Å²) in [5.41, 5.74) is 0.771. The predicted molar refractivity (Wildman–Crippen MR) is 79.1 cm³/mol. The fraction of sp³-hybridized carbons (Fsp3) is 0.200. The van der Waals surface area contributed by atoms with Gasteiger partial charge in [-0.3, -0.25) is 0 Å². The minimum Gasteiger partial charge on any atom is -0.496 e. The molecule has 0 heterocycles. The zero-order chi connectivity index (χ0) is 14.7. The van der Waals surface area contributed by atoms with Crippen LogP contribution in [-0.2, 0) is 0 Å². The van der Waals surface area contributed by atoms with E-state index in [0.717, 1.165) is 10.2 Å². The summed E-state index contributed by atoms with van der Waals surface area (Å²) in [5.74, 6) is -0.421. The van der Waals surface area contributed by atoms with Gasteiger partial charge in [0, 0.05) is 11.3 Å². The fourth-order valence-corrected chi connectivity index (χ4v) is 2.54. The number of hydrogen-bond acceptors (Lipinski definition) is 2. The third kappa shape index (κ3) is 3.10. The monoisotopic (exact) mass is 341 g/mol. The van der Waals surface area contributed by atoms with Crippen LogP contribution in [0.15, 0.2) is 40.9 Å². The summed E-state index contributed by atoms with van der Waals surface area (Å²) >= 11 is 3.37. The minimum absolute atomic E-state index is 0.0273. The number of methoxy groups -OCH3 is 1. The van der Waals surface area contributed by atoms with Crippen molar-refractivity contribution in [2.24, 2.45) is 0 Å². The Hall–Kier alpha value is -1.62. The first-order valence-electron chi connectivity index (χ1n) is 6.07. The first-order chi connectivity index (χ1) is 9.52. The van der Waals surface area contributed by atoms with Gasteiger partial charge in [0.2, 0.25) is 0 Å². The van der Waals surface area contributed by atoms with Gasteiger partial charge in [-0.1, -0.05) is 6.07 Å². The number of anilines is 1. The molecule has 1 unspecified atom stereocenters. The lowest BCUT2D eigenvalue weighted by Crippen LogP contribution is -2.10. The Bertz CT molecular complexity index is 599. The first kappa shape index (κ1) is 14.8. The number of rotatable bonds is 4. The van der Waals surface area contributed by atoms with Gasteiger partial charge in [0.1, 0.15) is 17.4 Å². The minimum atomic E-state index is -0.558. The average Bonchev–Trinajstić information content (AvgIpc) is 2.38. The standard InChI is InChI=1S/C15H14BrF2NO/c1-9(15-12(17)4-3-5-13(15)18)19-10-6-7-14(20-2)11(16)8-10/h3-9,19H,1-2H3. The van der Waals surface area contributed by atoms with Gasteiger partial charge in [0.05, 0.1) is 17.6 Å². The van der Waals surface area contributed by atoms with E-state index in [4.69, 9.17) is 4.74 Å². The lowest BCUT2D eigenvalue weighted by Gasteiger charge is -2.17. The zero-order valence-electron chi connectivity index (χ0n) is 11.1. The second-order valence-electron chi connectivity index (χ2n) is 4.35. The molecule has 2 nitrogen and oxygen atoms in total. The molecule has 0 spiro atoms. The molecule has 0 saturated heterocycles. The fourth-order valence-electron chi connectivity index (χ4n) is 2.00. The average molecular weight is 342 g/mol. The molecule has 1 atom stereocenters. The Kier molecular flexibility index (Phi) is 4.60. The van der Waals surface area contributed by atoms with Crippen molar-refractivity contribution in [2.75, 3.05) is 12.4 Å². The summed E-state index contributed by atoms with van der Waals surface area (Å²) < 4.78 is 33.3. The van der Waals surface area contributed by atoms with Crippen LogP contribution in [0.3, 0.4) is 0 Å². The van der Waals surface area contributed by atoms with Crippen molar-refractivity contribution in [2.45, 2.75) is 13.0 Å². The van der Waals surface area contributed by atoms with Crippen molar-refractivity contribution in [3.8, 4) is 5.75 Å². The maximum atomic E-state index is 13.7. The van der Waals surface area contributed by atoms with Crippen molar-refractivity contribution in [1.29, 1.82) is 0 Å². The second kappa shape index (κ2) is 6.22. The highest BCUT2D eigenvalue weighted by atomic mass is 79.9. The van der Waals surface area contributed by atoms with Crippen LogP contribution in [0.4, 0.5) is 14.5 Å². The highest BCUT2D eigenvalue weighted by Gasteiger charge is 2.16. The summed E-state index contributed by atoms with van der Waals surface area (Å²) in [5, 5.41) is 3.07. The summed E-state index contributed by atoms with van der Waals surface area (Å²) in [7, 11) is 1.57. The predicted octanol–water partition coefficient (Wildman–Crippen LogP) is 4.91. The molecule has 1 N–H and O–H groups in total. The van der Waals surface area contributed by atoms with Crippen LogP contribution in [0.1, 0.15) is 18.5 Å². The van der Waals surface area contributed by atoms with Crippen molar-refractivity contribution in [1.82, 2.24) is 0 Å². The SMILES string of the molecule is COc1ccc(NC(C)c2c(F)cccc2F)cc1Br. The van der Waals surface area contributed by atoms with E-state index < -0.39 is 17.7 Å². The largest absolute Gasteiger partial charge is 0.496 e. The van der Waals surface area contributed by atoms with E-state index >= 15 is 0 Å². The van der Waals surface area contributed by atoms with E-state index in [0.29, 0.717) is 5.75 Å². The Morgan fingerprint density at radius 2 is 1.80 bits per heavy atom. The summed E-state index contributed by atoms with van der Waals surface area (Å²) in [6, 6.07) is 8.73. The molecule has 0 saturated carbocycles. The van der Waals surface area contributed by atoms with E-state index in [-0.39, 0.29) is 5.56 Å². The van der Waals surface area contributed by atoms with Crippen LogP contribution in [0.5, 0.6) is 5.75 Å². The van der Waals surface area contributed by atoms with Crippen LogP contribution in [-0.4, -0.2) is 7.11 Å². The lowest BCUT2D eigenvalue weighted by atomic mass is 10.1. The number of hydrogen-bond donors (Lipinski definition) is 1. The van der Waals surface area contributed by atoms with E-state index in [1.165, 1.54) is 18.2 Å². The van der Waals surface area contributed by atoms with Gasteiger partial charge < -0.3 is 10.1 Å². The summed E-state index contributed by atoms with van der Waals surface area (Å²) in [4.78, 5) is 0. The number of nitrogens with one attached hydrogen (secondary N) is 1. The molecule has 20 heavy (non-hydrogen) atoms. The molecule has 2 aromatic rings. The molecular formula is C15H14BrF2NO. The van der Waals surface area contributed by atoms with Crippen molar-refractivity contribution in [3.05, 3.63) is 58.1 Å². The van der Waals surface area contributed by atoms with Gasteiger partial charge >= 0.3 is 0 Å². The molecule has 2 aromatic carbocycles. The van der Waals surface area contributed by atoms with Crippen molar-refractivity contribution >= 4 is 21.6 Å². The number of ether oxygens (including phenoxy) is 1. The van der Waals surface area contributed by atoms with E-state index in [1.807, 2.05) is 0 Å². The summed E-state index contributed by atoms with van der Waals surface area (Å²) in [6.07, 6.45) is 0. The van der Waals surface area contributed by atoms with Crippen LogP contribution >= 0.6 is 15.9 Å². The normalized spacial score (nSPS) is 12.1. The van der Waals surface area contributed by atoms with Crippen LogP contribution in [0.2, 0.25) is 0 Å². The Balaban J connectivity index is 2.23. The molecule has 2 rings (SSSR count). The molecule has 0 aliphatic carbocycles. The highest BCUT2D eigenvalue weighted by molar-refractivity contribution is 9.10. The number of halogens is 3. The summed E-state index contributed by atoms with van der Waals surface area (Å²) in [6.45, 7) is 1.71. The third-order valence-electron chi connectivity index (χ3n) is 2.97. The van der Waals surface area contributed by atoms with Gasteiger partial charge in [0.25, 0.3) is 0 Å². The maximum Gasteiger partial charge on any atom is 0.133 e. The molecule has 0 aromatic heterocycles. The quantitative estimate of drug-likeness (QED) is 0.853. The lowest BCUT2D eigenvalue weighted by molar-refractivity contribution is 0.412. The van der Waals surface area contributed by atoms with E-state index in [1.54, 1.807) is 32.2 Å². The molecule has 0 aliphatic rings. The van der Waals surface area contributed by atoms with Crippen molar-refractivity contribution < 1.29 is 13.5 Å².